The molecule has 0 aliphatic heterocycles. The van der Waals surface area contributed by atoms with Crippen molar-refractivity contribution >= 4 is 11.9 Å². The number of aliphatic hydroxyl groups is 6. The summed E-state index contributed by atoms with van der Waals surface area (Å²) in [5, 5.41) is 57.2. The Balaban J connectivity index is 4.96. The Morgan fingerprint density at radius 3 is 1.19 bits per heavy atom. The van der Waals surface area contributed by atoms with Crippen LogP contribution in [-0.2, 0) is 19.1 Å². The zero-order valence-electron chi connectivity index (χ0n) is 19.3. The van der Waals surface area contributed by atoms with Crippen LogP contribution in [0.2, 0.25) is 0 Å². The van der Waals surface area contributed by atoms with Gasteiger partial charge in [0.05, 0.1) is 26.4 Å². The van der Waals surface area contributed by atoms with Crippen LogP contribution in [0.1, 0.15) is 27.7 Å². The summed E-state index contributed by atoms with van der Waals surface area (Å²) in [6.45, 7) is 3.14. The largest absolute Gasteiger partial charge is 0.459 e. The highest BCUT2D eigenvalue weighted by molar-refractivity contribution is 5.88. The predicted molar refractivity (Wildman–Crippen MR) is 115 cm³/mol. The molecule has 0 spiro atoms. The maximum absolute atomic E-state index is 12.2. The van der Waals surface area contributed by atoms with Crippen molar-refractivity contribution in [3.05, 3.63) is 23.3 Å². The smallest absolute Gasteiger partial charge is 0.333 e. The molecule has 6 N–H and O–H groups in total. The Labute approximate surface area is 188 Å². The number of rotatable bonds is 15. The second kappa shape index (κ2) is 14.4. The molecule has 0 aliphatic rings. The summed E-state index contributed by atoms with van der Waals surface area (Å²) in [5.41, 5.74) is -2.15. The van der Waals surface area contributed by atoms with E-state index in [2.05, 4.69) is 0 Å². The molecule has 0 radical (unpaired) electrons. The first-order valence-corrected chi connectivity index (χ1v) is 10.4. The molecular formula is C22H38O10. The van der Waals surface area contributed by atoms with E-state index in [0.29, 0.717) is 0 Å². The van der Waals surface area contributed by atoms with Gasteiger partial charge in [-0.15, -0.1) is 0 Å². The average molecular weight is 463 g/mol. The van der Waals surface area contributed by atoms with Crippen molar-refractivity contribution < 1.29 is 49.7 Å². The van der Waals surface area contributed by atoms with E-state index in [1.54, 1.807) is 13.8 Å². The maximum atomic E-state index is 12.2. The fraction of sp³-hybridized carbons (Fsp3) is 0.727. The quantitative estimate of drug-likeness (QED) is 0.102. The molecule has 0 bridgehead atoms. The van der Waals surface area contributed by atoms with Crippen LogP contribution in [0.15, 0.2) is 23.3 Å². The van der Waals surface area contributed by atoms with Gasteiger partial charge in [0.25, 0.3) is 0 Å². The standard InChI is InChI=1S/C22H38O10/c1-15(7-21(11-25,12-26)17(3)9-23)19(29)31-5-6-32-20(30)16(2)8-22(13-27,14-28)18(4)10-24/h7-8,17-18,23-28H,5-6,9-14H2,1-4H3. The molecule has 2 atom stereocenters. The molecule has 0 aromatic heterocycles. The van der Waals surface area contributed by atoms with Crippen LogP contribution in [0.5, 0.6) is 0 Å². The summed E-state index contributed by atoms with van der Waals surface area (Å²) < 4.78 is 10.1. The molecule has 0 saturated carbocycles. The number of hydrogen-bond acceptors (Lipinski definition) is 10. The van der Waals surface area contributed by atoms with Gasteiger partial charge >= 0.3 is 11.9 Å². The van der Waals surface area contributed by atoms with Gasteiger partial charge in [-0.05, 0) is 25.7 Å². The first-order chi connectivity index (χ1) is 15.0. The topological polar surface area (TPSA) is 174 Å². The van der Waals surface area contributed by atoms with Gasteiger partial charge in [0.2, 0.25) is 0 Å². The van der Waals surface area contributed by atoms with E-state index in [4.69, 9.17) is 9.47 Å². The lowest BCUT2D eigenvalue weighted by Gasteiger charge is -2.32. The van der Waals surface area contributed by atoms with Crippen molar-refractivity contribution in [3.63, 3.8) is 0 Å². The Morgan fingerprint density at radius 2 is 0.969 bits per heavy atom. The SMILES string of the molecule is CC(=CC(CO)(CO)C(C)CO)C(=O)OCCOC(=O)C(C)=CC(CO)(CO)C(C)CO. The average Bonchev–Trinajstić information content (AvgIpc) is 2.81. The summed E-state index contributed by atoms with van der Waals surface area (Å²) in [6, 6.07) is 0. The third-order valence-corrected chi connectivity index (χ3v) is 5.89. The third-order valence-electron chi connectivity index (χ3n) is 5.89. The molecule has 0 saturated heterocycles. The summed E-state index contributed by atoms with van der Waals surface area (Å²) in [5.74, 6) is -2.48. The van der Waals surface area contributed by atoms with Gasteiger partial charge in [-0.25, -0.2) is 9.59 Å². The van der Waals surface area contributed by atoms with Crippen LogP contribution >= 0.6 is 0 Å². The second-order valence-electron chi connectivity index (χ2n) is 8.19. The fourth-order valence-electron chi connectivity index (χ4n) is 3.03. The van der Waals surface area contributed by atoms with Crippen molar-refractivity contribution in [1.29, 1.82) is 0 Å². The van der Waals surface area contributed by atoms with Gasteiger partial charge in [-0.1, -0.05) is 26.0 Å². The Bertz CT molecular complexity index is 591. The van der Waals surface area contributed by atoms with E-state index in [-0.39, 0.29) is 37.6 Å². The molecule has 32 heavy (non-hydrogen) atoms. The lowest BCUT2D eigenvalue weighted by atomic mass is 9.76. The first kappa shape index (κ1) is 30.2. The summed E-state index contributed by atoms with van der Waals surface area (Å²) >= 11 is 0. The minimum Gasteiger partial charge on any atom is -0.459 e. The Hall–Kier alpha value is -1.82. The van der Waals surface area contributed by atoms with Crippen LogP contribution < -0.4 is 0 Å². The van der Waals surface area contributed by atoms with Crippen LogP contribution in [0.25, 0.3) is 0 Å². The summed E-state index contributed by atoms with van der Waals surface area (Å²) in [6.07, 6.45) is 2.72. The minimum atomic E-state index is -1.19. The molecule has 0 rings (SSSR count). The Kier molecular flexibility index (Phi) is 13.5. The van der Waals surface area contributed by atoms with E-state index in [1.807, 2.05) is 0 Å². The summed E-state index contributed by atoms with van der Waals surface area (Å²) in [7, 11) is 0. The number of ether oxygens (including phenoxy) is 2. The molecule has 0 aliphatic carbocycles. The first-order valence-electron chi connectivity index (χ1n) is 10.4. The number of esters is 2. The molecular weight excluding hydrogens is 424 g/mol. The normalized spacial score (nSPS) is 15.3. The molecule has 186 valence electrons. The molecule has 0 fully saturated rings. The maximum Gasteiger partial charge on any atom is 0.333 e. The number of carbonyl (C=O) groups is 2. The van der Waals surface area contributed by atoms with Crippen LogP contribution in [0.3, 0.4) is 0 Å². The van der Waals surface area contributed by atoms with E-state index in [1.165, 1.54) is 26.0 Å². The van der Waals surface area contributed by atoms with Crippen LogP contribution in [0.4, 0.5) is 0 Å². The van der Waals surface area contributed by atoms with Gasteiger partial charge in [0.15, 0.2) is 0 Å². The van der Waals surface area contributed by atoms with Crippen LogP contribution in [0, 0.1) is 22.7 Å². The number of carbonyl (C=O) groups excluding carboxylic acids is 2. The second-order valence-corrected chi connectivity index (χ2v) is 8.19. The molecule has 10 nitrogen and oxygen atoms in total. The van der Waals surface area contributed by atoms with Gasteiger partial charge in [0, 0.05) is 35.2 Å². The predicted octanol–water partition coefficient (Wildman–Crippen LogP) is -0.836. The van der Waals surface area contributed by atoms with E-state index in [9.17, 15) is 40.2 Å². The van der Waals surface area contributed by atoms with Crippen molar-refractivity contribution in [2.24, 2.45) is 22.7 Å². The van der Waals surface area contributed by atoms with E-state index < -0.39 is 61.0 Å². The Morgan fingerprint density at radius 1 is 0.688 bits per heavy atom. The lowest BCUT2D eigenvalue weighted by molar-refractivity contribution is -0.147. The van der Waals surface area contributed by atoms with Crippen molar-refractivity contribution in [2.45, 2.75) is 27.7 Å². The minimum absolute atomic E-state index is 0.115. The highest BCUT2D eigenvalue weighted by Crippen LogP contribution is 2.31. The zero-order chi connectivity index (χ0) is 24.9. The number of aliphatic hydroxyl groups excluding tert-OH is 6. The van der Waals surface area contributed by atoms with Gasteiger partial charge < -0.3 is 40.1 Å². The van der Waals surface area contributed by atoms with Gasteiger partial charge in [0.1, 0.15) is 13.2 Å². The zero-order valence-corrected chi connectivity index (χ0v) is 19.3. The lowest BCUT2D eigenvalue weighted by Crippen LogP contribution is -2.37. The molecule has 0 aromatic carbocycles. The van der Waals surface area contributed by atoms with Gasteiger partial charge in [-0.3, -0.25) is 0 Å². The van der Waals surface area contributed by atoms with Crippen molar-refractivity contribution in [3.8, 4) is 0 Å². The van der Waals surface area contributed by atoms with Gasteiger partial charge in [-0.2, -0.15) is 0 Å². The highest BCUT2D eigenvalue weighted by atomic mass is 16.6. The molecule has 2 unspecified atom stereocenters. The van der Waals surface area contributed by atoms with Crippen molar-refractivity contribution in [1.82, 2.24) is 0 Å². The van der Waals surface area contributed by atoms with Crippen molar-refractivity contribution in [2.75, 3.05) is 52.9 Å². The highest BCUT2D eigenvalue weighted by Gasteiger charge is 2.34. The van der Waals surface area contributed by atoms with E-state index in [0.717, 1.165) is 0 Å². The molecule has 0 amide bonds. The summed E-state index contributed by atoms with van der Waals surface area (Å²) in [4.78, 5) is 24.3. The monoisotopic (exact) mass is 462 g/mol. The molecule has 0 aromatic rings. The van der Waals surface area contributed by atoms with Crippen LogP contribution in [-0.4, -0.2) is 95.4 Å². The fourth-order valence-corrected chi connectivity index (χ4v) is 3.03. The number of hydrogen-bond donors (Lipinski definition) is 6. The van der Waals surface area contributed by atoms with E-state index >= 15 is 0 Å². The third kappa shape index (κ3) is 7.95. The molecule has 10 heteroatoms. The molecule has 0 heterocycles.